The van der Waals surface area contributed by atoms with Crippen molar-refractivity contribution in [1.82, 2.24) is 15.0 Å². The van der Waals surface area contributed by atoms with Crippen LogP contribution in [-0.4, -0.2) is 33.0 Å². The number of carbonyl (C=O) groups is 2. The number of hydrogen-bond acceptors (Lipinski definition) is 3. The van der Waals surface area contributed by atoms with Gasteiger partial charge in [-0.25, -0.2) is 0 Å². The SMILES string of the molecule is O=C1c2c(c3c4ccccc4[nH]c3c3[nH]c4ccccc4c23)C(=O)N1/N=C/c1ccccc1. The molecule has 0 saturated carbocycles. The smallest absolute Gasteiger partial charge is 0.283 e. The molecule has 6 aromatic rings. The number of para-hydroxylation sites is 2. The largest absolute Gasteiger partial charge is 0.353 e. The molecule has 1 aliphatic rings. The first-order chi connectivity index (χ1) is 16.2. The van der Waals surface area contributed by atoms with Crippen molar-refractivity contribution in [2.75, 3.05) is 0 Å². The van der Waals surface area contributed by atoms with Gasteiger partial charge in [-0.1, -0.05) is 66.7 Å². The molecule has 1 aliphatic heterocycles. The summed E-state index contributed by atoms with van der Waals surface area (Å²) in [5.41, 5.74) is 5.06. The van der Waals surface area contributed by atoms with E-state index in [1.165, 1.54) is 0 Å². The topological polar surface area (TPSA) is 81.3 Å². The van der Waals surface area contributed by atoms with E-state index >= 15 is 0 Å². The maximum Gasteiger partial charge on any atom is 0.283 e. The van der Waals surface area contributed by atoms with E-state index in [0.717, 1.165) is 54.2 Å². The van der Waals surface area contributed by atoms with Gasteiger partial charge in [0, 0.05) is 32.6 Å². The predicted molar refractivity (Wildman–Crippen MR) is 130 cm³/mol. The van der Waals surface area contributed by atoms with Crippen molar-refractivity contribution in [3.8, 4) is 0 Å². The standard InChI is InChI=1S/C27H16N4O2/c32-26-22-20-16-10-4-6-12-18(16)29-24(20)25-21(17-11-5-7-13-19(17)30-25)23(22)27(33)31(26)28-14-15-8-2-1-3-9-15/h1-14,29-30H/b28-14+. The van der Waals surface area contributed by atoms with E-state index in [0.29, 0.717) is 11.1 Å². The molecule has 0 aliphatic carbocycles. The molecule has 0 bridgehead atoms. The van der Waals surface area contributed by atoms with Gasteiger partial charge in [0.2, 0.25) is 0 Å². The fourth-order valence-electron chi connectivity index (χ4n) is 4.93. The molecule has 2 amide bonds. The quantitative estimate of drug-likeness (QED) is 0.279. The number of aromatic amines is 2. The summed E-state index contributed by atoms with van der Waals surface area (Å²) >= 11 is 0. The molecule has 156 valence electrons. The molecule has 6 nitrogen and oxygen atoms in total. The third kappa shape index (κ3) is 2.34. The van der Waals surface area contributed by atoms with Crippen LogP contribution in [0.5, 0.6) is 0 Å². The number of fused-ring (bicyclic) bond motifs is 10. The second kappa shape index (κ2) is 6.40. The molecule has 0 atom stereocenters. The summed E-state index contributed by atoms with van der Waals surface area (Å²) in [6.07, 6.45) is 1.54. The highest BCUT2D eigenvalue weighted by Gasteiger charge is 2.41. The van der Waals surface area contributed by atoms with Gasteiger partial charge in [0.05, 0.1) is 28.4 Å². The van der Waals surface area contributed by atoms with E-state index < -0.39 is 11.8 Å². The number of rotatable bonds is 2. The van der Waals surface area contributed by atoms with Gasteiger partial charge < -0.3 is 9.97 Å². The van der Waals surface area contributed by atoms with E-state index in [2.05, 4.69) is 15.1 Å². The monoisotopic (exact) mass is 428 g/mol. The first kappa shape index (κ1) is 17.9. The maximum absolute atomic E-state index is 13.7. The van der Waals surface area contributed by atoms with Crippen molar-refractivity contribution in [2.24, 2.45) is 5.10 Å². The van der Waals surface area contributed by atoms with Gasteiger partial charge in [-0.15, -0.1) is 0 Å². The molecule has 33 heavy (non-hydrogen) atoms. The van der Waals surface area contributed by atoms with E-state index in [1.807, 2.05) is 78.9 Å². The van der Waals surface area contributed by atoms with Gasteiger partial charge in [-0.05, 0) is 17.7 Å². The Morgan fingerprint density at radius 1 is 0.636 bits per heavy atom. The molecule has 3 heterocycles. The van der Waals surface area contributed by atoms with E-state index in [9.17, 15) is 9.59 Å². The third-order valence-electron chi connectivity index (χ3n) is 6.35. The molecule has 2 aromatic heterocycles. The number of imide groups is 1. The number of benzene rings is 4. The minimum absolute atomic E-state index is 0.398. The number of aromatic nitrogens is 2. The maximum atomic E-state index is 13.7. The molecule has 6 heteroatoms. The minimum atomic E-state index is -0.413. The van der Waals surface area contributed by atoms with Crippen LogP contribution in [0.2, 0.25) is 0 Å². The van der Waals surface area contributed by atoms with Crippen LogP contribution in [0, 0.1) is 0 Å². The van der Waals surface area contributed by atoms with Crippen LogP contribution in [0.4, 0.5) is 0 Å². The highest BCUT2D eigenvalue weighted by Crippen LogP contribution is 2.43. The first-order valence-corrected chi connectivity index (χ1v) is 10.7. The van der Waals surface area contributed by atoms with Crippen molar-refractivity contribution < 1.29 is 9.59 Å². The Bertz CT molecular complexity index is 1700. The Balaban J connectivity index is 1.59. The fraction of sp³-hybridized carbons (Fsp3) is 0. The normalized spacial score (nSPS) is 14.0. The Kier molecular flexibility index (Phi) is 3.47. The summed E-state index contributed by atoms with van der Waals surface area (Å²) in [5.74, 6) is -0.826. The zero-order chi connectivity index (χ0) is 22.1. The number of hydrogen-bond donors (Lipinski definition) is 2. The molecule has 0 fully saturated rings. The van der Waals surface area contributed by atoms with Gasteiger partial charge in [0.25, 0.3) is 11.8 Å². The highest BCUT2D eigenvalue weighted by molar-refractivity contribution is 6.39. The number of hydrazone groups is 1. The Morgan fingerprint density at radius 3 is 1.67 bits per heavy atom. The van der Waals surface area contributed by atoms with E-state index in [-0.39, 0.29) is 0 Å². The molecule has 4 aromatic carbocycles. The average molecular weight is 428 g/mol. The summed E-state index contributed by atoms with van der Waals surface area (Å²) in [7, 11) is 0. The number of nitrogens with one attached hydrogen (secondary N) is 2. The highest BCUT2D eigenvalue weighted by atomic mass is 16.2. The van der Waals surface area contributed by atoms with Crippen LogP contribution >= 0.6 is 0 Å². The van der Waals surface area contributed by atoms with Crippen molar-refractivity contribution in [3.05, 3.63) is 95.6 Å². The van der Waals surface area contributed by atoms with Gasteiger partial charge in [-0.2, -0.15) is 10.1 Å². The molecule has 2 N–H and O–H groups in total. The number of nitrogens with zero attached hydrogens (tertiary/aromatic N) is 2. The summed E-state index contributed by atoms with van der Waals surface area (Å²) in [5, 5.41) is 8.58. The van der Waals surface area contributed by atoms with Gasteiger partial charge in [0.15, 0.2) is 0 Å². The lowest BCUT2D eigenvalue weighted by Crippen LogP contribution is -2.24. The fourth-order valence-corrected chi connectivity index (χ4v) is 4.93. The van der Waals surface area contributed by atoms with Crippen LogP contribution in [0.25, 0.3) is 43.6 Å². The van der Waals surface area contributed by atoms with Crippen molar-refractivity contribution >= 4 is 61.6 Å². The Labute approximate surface area is 187 Å². The van der Waals surface area contributed by atoms with Crippen LogP contribution in [0.1, 0.15) is 26.3 Å². The zero-order valence-corrected chi connectivity index (χ0v) is 17.3. The lowest BCUT2D eigenvalue weighted by Gasteiger charge is -2.05. The summed E-state index contributed by atoms with van der Waals surface area (Å²) in [6, 6.07) is 25.1. The summed E-state index contributed by atoms with van der Waals surface area (Å²) in [6.45, 7) is 0. The minimum Gasteiger partial charge on any atom is -0.353 e. The zero-order valence-electron chi connectivity index (χ0n) is 17.3. The Morgan fingerprint density at radius 2 is 1.12 bits per heavy atom. The molecular formula is C27H16N4O2. The molecule has 0 saturated heterocycles. The number of H-pyrrole nitrogens is 2. The molecule has 0 unspecified atom stereocenters. The summed E-state index contributed by atoms with van der Waals surface area (Å²) in [4.78, 5) is 34.2. The summed E-state index contributed by atoms with van der Waals surface area (Å²) < 4.78 is 0. The van der Waals surface area contributed by atoms with Gasteiger partial charge in [-0.3, -0.25) is 9.59 Å². The van der Waals surface area contributed by atoms with Crippen molar-refractivity contribution in [2.45, 2.75) is 0 Å². The lowest BCUT2D eigenvalue weighted by molar-refractivity contribution is 0.0661. The third-order valence-corrected chi connectivity index (χ3v) is 6.35. The van der Waals surface area contributed by atoms with Gasteiger partial charge in [0.1, 0.15) is 0 Å². The van der Waals surface area contributed by atoms with Crippen molar-refractivity contribution in [3.63, 3.8) is 0 Å². The Hall–Kier alpha value is -4.71. The van der Waals surface area contributed by atoms with Crippen LogP contribution in [-0.2, 0) is 0 Å². The number of carbonyl (C=O) groups excluding carboxylic acids is 2. The molecule has 7 rings (SSSR count). The molecule has 0 spiro atoms. The van der Waals surface area contributed by atoms with E-state index in [4.69, 9.17) is 0 Å². The predicted octanol–water partition coefficient (Wildman–Crippen LogP) is 5.59. The average Bonchev–Trinajstić information content (AvgIpc) is 3.49. The van der Waals surface area contributed by atoms with Crippen LogP contribution in [0.3, 0.4) is 0 Å². The second-order valence-electron chi connectivity index (χ2n) is 8.17. The van der Waals surface area contributed by atoms with Crippen LogP contribution in [0.15, 0.2) is 84.0 Å². The molecule has 0 radical (unpaired) electrons. The number of amides is 2. The van der Waals surface area contributed by atoms with Crippen LogP contribution < -0.4 is 0 Å². The van der Waals surface area contributed by atoms with E-state index in [1.54, 1.807) is 6.21 Å². The van der Waals surface area contributed by atoms with Crippen molar-refractivity contribution in [1.29, 1.82) is 0 Å². The first-order valence-electron chi connectivity index (χ1n) is 10.7. The van der Waals surface area contributed by atoms with Gasteiger partial charge >= 0.3 is 0 Å². The molecular weight excluding hydrogens is 412 g/mol. The lowest BCUT2D eigenvalue weighted by atomic mass is 9.97. The second-order valence-corrected chi connectivity index (χ2v) is 8.17.